The molecule has 0 aliphatic carbocycles. The molecule has 1 atom stereocenters. The predicted molar refractivity (Wildman–Crippen MR) is 55.6 cm³/mol. The number of nitrogens with zero attached hydrogens (tertiary/aromatic N) is 4. The number of hydrogen-bond acceptors (Lipinski definition) is 4. The molecule has 0 saturated carbocycles. The highest BCUT2D eigenvalue weighted by molar-refractivity contribution is 5.68. The summed E-state index contributed by atoms with van der Waals surface area (Å²) in [6.45, 7) is 4.20. The van der Waals surface area contributed by atoms with Gasteiger partial charge in [-0.15, -0.1) is 5.10 Å². The maximum absolute atomic E-state index is 11.3. The van der Waals surface area contributed by atoms with Gasteiger partial charge in [0, 0.05) is 6.04 Å². The molecular formula is C9H13N5O. The van der Waals surface area contributed by atoms with Crippen molar-refractivity contribution < 1.29 is 0 Å². The molecule has 6 nitrogen and oxygen atoms in total. The normalized spacial score (nSPS) is 13.2. The number of H-pyrrole nitrogens is 1. The molecule has 6 heteroatoms. The molecular weight excluding hydrogens is 194 g/mol. The third kappa shape index (κ3) is 1.62. The first-order chi connectivity index (χ1) is 7.24. The molecule has 0 saturated heterocycles. The lowest BCUT2D eigenvalue weighted by Crippen LogP contribution is -2.12. The van der Waals surface area contributed by atoms with Crippen LogP contribution in [0.15, 0.2) is 11.1 Å². The highest BCUT2D eigenvalue weighted by Crippen LogP contribution is 2.16. The average Bonchev–Trinajstić information content (AvgIpc) is 2.63. The molecule has 2 aromatic rings. The zero-order valence-corrected chi connectivity index (χ0v) is 8.77. The third-order valence-electron chi connectivity index (χ3n) is 2.46. The first-order valence-electron chi connectivity index (χ1n) is 5.02. The van der Waals surface area contributed by atoms with Gasteiger partial charge in [0.05, 0.1) is 6.33 Å². The minimum absolute atomic E-state index is 0.288. The van der Waals surface area contributed by atoms with E-state index in [-0.39, 0.29) is 11.6 Å². The van der Waals surface area contributed by atoms with Gasteiger partial charge in [0.2, 0.25) is 0 Å². The van der Waals surface area contributed by atoms with Crippen LogP contribution in [0.1, 0.15) is 32.7 Å². The van der Waals surface area contributed by atoms with Crippen molar-refractivity contribution in [1.29, 1.82) is 0 Å². The quantitative estimate of drug-likeness (QED) is 0.810. The van der Waals surface area contributed by atoms with E-state index in [1.165, 1.54) is 0 Å². The van der Waals surface area contributed by atoms with Gasteiger partial charge in [-0.05, 0) is 13.3 Å². The van der Waals surface area contributed by atoms with Crippen molar-refractivity contribution in [2.75, 3.05) is 0 Å². The molecule has 0 spiro atoms. The summed E-state index contributed by atoms with van der Waals surface area (Å²) in [4.78, 5) is 15.4. The first kappa shape index (κ1) is 9.82. The van der Waals surface area contributed by atoms with Gasteiger partial charge in [-0.25, -0.2) is 10.1 Å². The summed E-state index contributed by atoms with van der Waals surface area (Å²) in [7, 11) is 0. The summed E-state index contributed by atoms with van der Waals surface area (Å²) in [5, 5.41) is 9.71. The van der Waals surface area contributed by atoms with E-state index < -0.39 is 0 Å². The average molecular weight is 207 g/mol. The van der Waals surface area contributed by atoms with E-state index in [2.05, 4.69) is 34.2 Å². The van der Waals surface area contributed by atoms with Crippen molar-refractivity contribution in [3.05, 3.63) is 16.7 Å². The fourth-order valence-corrected chi connectivity index (χ4v) is 1.66. The van der Waals surface area contributed by atoms with Crippen molar-refractivity contribution in [3.8, 4) is 0 Å². The van der Waals surface area contributed by atoms with E-state index in [9.17, 15) is 4.79 Å². The number of hydrogen-bond donors (Lipinski definition) is 1. The molecule has 0 amide bonds. The number of aromatic nitrogens is 5. The van der Waals surface area contributed by atoms with Gasteiger partial charge in [-0.2, -0.15) is 0 Å². The maximum atomic E-state index is 11.3. The largest absolute Gasteiger partial charge is 0.311 e. The molecule has 0 aromatic carbocycles. The van der Waals surface area contributed by atoms with Gasteiger partial charge in [-0.3, -0.25) is 4.79 Å². The van der Waals surface area contributed by atoms with Crippen LogP contribution in [0.3, 0.4) is 0 Å². The van der Waals surface area contributed by atoms with Crippen molar-refractivity contribution in [2.24, 2.45) is 0 Å². The summed E-state index contributed by atoms with van der Waals surface area (Å²) >= 11 is 0. The second kappa shape index (κ2) is 3.80. The Morgan fingerprint density at radius 3 is 3.13 bits per heavy atom. The maximum Gasteiger partial charge on any atom is 0.295 e. The smallest absolute Gasteiger partial charge is 0.295 e. The van der Waals surface area contributed by atoms with Crippen LogP contribution in [0, 0.1) is 0 Å². The zero-order valence-electron chi connectivity index (χ0n) is 8.77. The van der Waals surface area contributed by atoms with Crippen molar-refractivity contribution >= 4 is 11.2 Å². The van der Waals surface area contributed by atoms with E-state index in [1.807, 2.05) is 4.57 Å². The standard InChI is InChI=1S/C9H13N5O/c1-3-4-6(2)14-5-10-7-8(14)11-13-12-9(7)15/h5-6H,3-4H2,1-2H3,(H,11,12,15). The molecule has 80 valence electrons. The van der Waals surface area contributed by atoms with Gasteiger partial charge < -0.3 is 4.57 Å². The topological polar surface area (TPSA) is 76.5 Å². The van der Waals surface area contributed by atoms with Crippen molar-refractivity contribution in [2.45, 2.75) is 32.7 Å². The van der Waals surface area contributed by atoms with Gasteiger partial charge in [0.25, 0.3) is 5.56 Å². The van der Waals surface area contributed by atoms with Crippen molar-refractivity contribution in [1.82, 2.24) is 25.0 Å². The van der Waals surface area contributed by atoms with Crippen LogP contribution in [-0.4, -0.2) is 25.0 Å². The Bertz CT molecular complexity index is 514. The Morgan fingerprint density at radius 2 is 2.40 bits per heavy atom. The number of imidazole rings is 1. The van der Waals surface area contributed by atoms with Gasteiger partial charge >= 0.3 is 0 Å². The van der Waals surface area contributed by atoms with E-state index in [0.29, 0.717) is 11.2 Å². The van der Waals surface area contributed by atoms with Gasteiger partial charge in [0.15, 0.2) is 11.2 Å². The Kier molecular flexibility index (Phi) is 2.49. The minimum atomic E-state index is -0.289. The number of aromatic amines is 1. The minimum Gasteiger partial charge on any atom is -0.311 e. The Morgan fingerprint density at radius 1 is 1.60 bits per heavy atom. The van der Waals surface area contributed by atoms with Crippen LogP contribution in [0.2, 0.25) is 0 Å². The highest BCUT2D eigenvalue weighted by Gasteiger charge is 2.11. The lowest BCUT2D eigenvalue weighted by molar-refractivity contribution is 0.507. The highest BCUT2D eigenvalue weighted by atomic mass is 16.1. The van der Waals surface area contributed by atoms with E-state index >= 15 is 0 Å². The third-order valence-corrected chi connectivity index (χ3v) is 2.46. The zero-order chi connectivity index (χ0) is 10.8. The molecule has 15 heavy (non-hydrogen) atoms. The summed E-state index contributed by atoms with van der Waals surface area (Å²) < 4.78 is 1.89. The Balaban J connectivity index is 2.54. The number of nitrogens with one attached hydrogen (secondary N) is 1. The summed E-state index contributed by atoms with van der Waals surface area (Å²) in [5.41, 5.74) is 0.620. The SMILES string of the molecule is CCCC(C)n1cnc2c(=O)[nH]nnc21. The van der Waals surface area contributed by atoms with Crippen LogP contribution in [-0.2, 0) is 0 Å². The van der Waals surface area contributed by atoms with Crippen LogP contribution < -0.4 is 5.56 Å². The first-order valence-corrected chi connectivity index (χ1v) is 5.02. The lowest BCUT2D eigenvalue weighted by Gasteiger charge is -2.11. The second-order valence-electron chi connectivity index (χ2n) is 3.60. The number of fused-ring (bicyclic) bond motifs is 1. The summed E-state index contributed by atoms with van der Waals surface area (Å²) in [6.07, 6.45) is 3.76. The Labute approximate surface area is 86.3 Å². The molecule has 1 unspecified atom stereocenters. The Hall–Kier alpha value is -1.72. The van der Waals surface area contributed by atoms with Crippen LogP contribution in [0.5, 0.6) is 0 Å². The summed E-state index contributed by atoms with van der Waals surface area (Å²) in [5.74, 6) is 0. The molecule has 0 aliphatic rings. The van der Waals surface area contributed by atoms with E-state index in [1.54, 1.807) is 6.33 Å². The fourth-order valence-electron chi connectivity index (χ4n) is 1.66. The molecule has 0 aliphatic heterocycles. The molecule has 2 rings (SSSR count). The fraction of sp³-hybridized carbons (Fsp3) is 0.556. The molecule has 2 aromatic heterocycles. The van der Waals surface area contributed by atoms with E-state index in [4.69, 9.17) is 0 Å². The molecule has 0 fully saturated rings. The van der Waals surface area contributed by atoms with E-state index in [0.717, 1.165) is 12.8 Å². The monoisotopic (exact) mass is 207 g/mol. The molecule has 2 heterocycles. The second-order valence-corrected chi connectivity index (χ2v) is 3.60. The molecule has 0 bridgehead atoms. The number of rotatable bonds is 3. The van der Waals surface area contributed by atoms with Crippen molar-refractivity contribution in [3.63, 3.8) is 0 Å². The van der Waals surface area contributed by atoms with Gasteiger partial charge in [0.1, 0.15) is 0 Å². The van der Waals surface area contributed by atoms with Crippen LogP contribution in [0.4, 0.5) is 0 Å². The van der Waals surface area contributed by atoms with Gasteiger partial charge in [-0.1, -0.05) is 18.6 Å². The van der Waals surface area contributed by atoms with Crippen LogP contribution >= 0.6 is 0 Å². The van der Waals surface area contributed by atoms with Crippen LogP contribution in [0.25, 0.3) is 11.2 Å². The predicted octanol–water partition coefficient (Wildman–Crippen LogP) is 0.876. The molecule has 1 N–H and O–H groups in total. The molecule has 0 radical (unpaired) electrons. The lowest BCUT2D eigenvalue weighted by atomic mass is 10.2. The summed E-state index contributed by atoms with van der Waals surface area (Å²) in [6, 6.07) is 0.288.